The van der Waals surface area contributed by atoms with Crippen molar-refractivity contribution in [2.45, 2.75) is 17.6 Å². The third kappa shape index (κ3) is 4.02. The summed E-state index contributed by atoms with van der Waals surface area (Å²) in [4.78, 5) is 11.6. The second-order valence-corrected chi connectivity index (χ2v) is 8.10. The third-order valence-electron chi connectivity index (χ3n) is 3.02. The summed E-state index contributed by atoms with van der Waals surface area (Å²) in [7, 11) is -3.48. The molecule has 0 aliphatic carbocycles. The van der Waals surface area contributed by atoms with Crippen LogP contribution in [-0.2, 0) is 19.6 Å². The average Bonchev–Trinajstić information content (AvgIpc) is 2.88. The van der Waals surface area contributed by atoms with E-state index in [1.807, 2.05) is 6.92 Å². The van der Waals surface area contributed by atoms with Gasteiger partial charge in [-0.2, -0.15) is 0 Å². The van der Waals surface area contributed by atoms with Gasteiger partial charge in [-0.15, -0.1) is 11.3 Å². The van der Waals surface area contributed by atoms with Gasteiger partial charge in [0.1, 0.15) is 4.21 Å². The zero-order chi connectivity index (χ0) is 14.6. The van der Waals surface area contributed by atoms with Gasteiger partial charge in [0, 0.05) is 24.9 Å². The molecular formula is C12H18N2O4S2. The Hall–Kier alpha value is -0.960. The van der Waals surface area contributed by atoms with Crippen LogP contribution in [0.5, 0.6) is 0 Å². The van der Waals surface area contributed by atoms with Crippen LogP contribution in [0.1, 0.15) is 13.3 Å². The van der Waals surface area contributed by atoms with E-state index in [2.05, 4.69) is 10.0 Å². The van der Waals surface area contributed by atoms with Gasteiger partial charge in [0.25, 0.3) is 0 Å². The van der Waals surface area contributed by atoms with Gasteiger partial charge < -0.3 is 10.1 Å². The number of amides is 1. The van der Waals surface area contributed by atoms with Gasteiger partial charge in [-0.3, -0.25) is 4.79 Å². The van der Waals surface area contributed by atoms with Gasteiger partial charge in [-0.1, -0.05) is 13.0 Å². The van der Waals surface area contributed by atoms with Crippen LogP contribution in [-0.4, -0.2) is 40.6 Å². The summed E-state index contributed by atoms with van der Waals surface area (Å²) in [5.41, 5.74) is 0.0200. The Balaban J connectivity index is 1.69. The maximum Gasteiger partial charge on any atom is 0.250 e. The van der Waals surface area contributed by atoms with Crippen LogP contribution in [0.3, 0.4) is 0 Å². The second-order valence-electron chi connectivity index (χ2n) is 5.16. The molecule has 1 aliphatic rings. The topological polar surface area (TPSA) is 84.5 Å². The molecular weight excluding hydrogens is 300 g/mol. The van der Waals surface area contributed by atoms with Crippen molar-refractivity contribution in [1.29, 1.82) is 0 Å². The SMILES string of the molecule is CC1(CNC(=O)CCNS(=O)(=O)c2cccs2)COC1. The summed E-state index contributed by atoms with van der Waals surface area (Å²) in [6.07, 6.45) is 0.127. The van der Waals surface area contributed by atoms with Crippen LogP contribution >= 0.6 is 11.3 Å². The van der Waals surface area contributed by atoms with Crippen molar-refractivity contribution < 1.29 is 17.9 Å². The predicted octanol–water partition coefficient (Wildman–Crippen LogP) is 0.569. The molecule has 1 amide bonds. The van der Waals surface area contributed by atoms with E-state index in [1.54, 1.807) is 11.4 Å². The van der Waals surface area contributed by atoms with Crippen LogP contribution < -0.4 is 10.0 Å². The van der Waals surface area contributed by atoms with Gasteiger partial charge in [0.2, 0.25) is 15.9 Å². The minimum atomic E-state index is -3.48. The highest BCUT2D eigenvalue weighted by Gasteiger charge is 2.33. The average molecular weight is 318 g/mol. The van der Waals surface area contributed by atoms with Gasteiger partial charge in [-0.05, 0) is 11.4 Å². The molecule has 6 nitrogen and oxygen atoms in total. The summed E-state index contributed by atoms with van der Waals surface area (Å²) in [5.74, 6) is -0.160. The molecule has 0 spiro atoms. The number of carbonyl (C=O) groups excluding carboxylic acids is 1. The monoisotopic (exact) mass is 318 g/mol. The summed E-state index contributed by atoms with van der Waals surface area (Å²) >= 11 is 1.15. The lowest BCUT2D eigenvalue weighted by atomic mass is 9.89. The summed E-state index contributed by atoms with van der Waals surface area (Å²) < 4.78 is 31.4. The number of rotatable bonds is 7. The molecule has 1 fully saturated rings. The Morgan fingerprint density at radius 3 is 2.80 bits per heavy atom. The molecule has 2 heterocycles. The van der Waals surface area contributed by atoms with Crippen LogP contribution in [0.15, 0.2) is 21.7 Å². The minimum absolute atomic E-state index is 0.0200. The highest BCUT2D eigenvalue weighted by atomic mass is 32.2. The van der Waals surface area contributed by atoms with E-state index >= 15 is 0 Å². The Morgan fingerprint density at radius 2 is 2.25 bits per heavy atom. The highest BCUT2D eigenvalue weighted by molar-refractivity contribution is 7.91. The number of thiophene rings is 1. The fourth-order valence-electron chi connectivity index (χ4n) is 1.74. The van der Waals surface area contributed by atoms with Crippen LogP contribution in [0.25, 0.3) is 0 Å². The first-order valence-electron chi connectivity index (χ1n) is 6.29. The molecule has 1 aromatic heterocycles. The van der Waals surface area contributed by atoms with E-state index < -0.39 is 10.0 Å². The van der Waals surface area contributed by atoms with E-state index in [1.165, 1.54) is 6.07 Å². The van der Waals surface area contributed by atoms with Crippen molar-refractivity contribution >= 4 is 27.3 Å². The van der Waals surface area contributed by atoms with Crippen molar-refractivity contribution in [2.24, 2.45) is 5.41 Å². The maximum atomic E-state index is 11.8. The second kappa shape index (κ2) is 6.21. The molecule has 0 unspecified atom stereocenters. The number of carbonyl (C=O) groups is 1. The van der Waals surface area contributed by atoms with E-state index in [9.17, 15) is 13.2 Å². The fourth-order valence-corrected chi connectivity index (χ4v) is 3.81. The van der Waals surface area contributed by atoms with Crippen LogP contribution in [0, 0.1) is 5.41 Å². The van der Waals surface area contributed by atoms with Crippen LogP contribution in [0.2, 0.25) is 0 Å². The molecule has 20 heavy (non-hydrogen) atoms. The highest BCUT2D eigenvalue weighted by Crippen LogP contribution is 2.25. The van der Waals surface area contributed by atoms with Crippen molar-refractivity contribution in [3.8, 4) is 0 Å². The first-order valence-corrected chi connectivity index (χ1v) is 8.65. The number of sulfonamides is 1. The molecule has 1 aromatic rings. The molecule has 2 rings (SSSR count). The minimum Gasteiger partial charge on any atom is -0.380 e. The molecule has 2 N–H and O–H groups in total. The molecule has 8 heteroatoms. The number of ether oxygens (including phenoxy) is 1. The smallest absolute Gasteiger partial charge is 0.250 e. The number of hydrogen-bond acceptors (Lipinski definition) is 5. The van der Waals surface area contributed by atoms with Crippen molar-refractivity contribution in [1.82, 2.24) is 10.0 Å². The van der Waals surface area contributed by atoms with Crippen molar-refractivity contribution in [3.63, 3.8) is 0 Å². The van der Waals surface area contributed by atoms with Crippen molar-refractivity contribution in [2.75, 3.05) is 26.3 Å². The maximum absolute atomic E-state index is 11.8. The molecule has 0 radical (unpaired) electrons. The first kappa shape index (κ1) is 15.4. The van der Waals surface area contributed by atoms with E-state index in [0.29, 0.717) is 19.8 Å². The summed E-state index contributed by atoms with van der Waals surface area (Å²) in [6.45, 7) is 4.00. The van der Waals surface area contributed by atoms with E-state index in [0.717, 1.165) is 11.3 Å². The molecule has 0 atom stereocenters. The Labute approximate surface area is 122 Å². The lowest BCUT2D eigenvalue weighted by molar-refractivity contribution is -0.126. The quantitative estimate of drug-likeness (QED) is 0.770. The lowest BCUT2D eigenvalue weighted by Crippen LogP contribution is -2.48. The Morgan fingerprint density at radius 1 is 1.50 bits per heavy atom. The van der Waals surface area contributed by atoms with E-state index in [-0.39, 0.29) is 28.5 Å². The zero-order valence-corrected chi connectivity index (χ0v) is 12.9. The van der Waals surface area contributed by atoms with Gasteiger partial charge in [0.05, 0.1) is 13.2 Å². The summed E-state index contributed by atoms with van der Waals surface area (Å²) in [6, 6.07) is 3.21. The van der Waals surface area contributed by atoms with Gasteiger partial charge in [0.15, 0.2) is 0 Å². The fraction of sp³-hybridized carbons (Fsp3) is 0.583. The number of hydrogen-bond donors (Lipinski definition) is 2. The molecule has 1 aliphatic heterocycles. The van der Waals surface area contributed by atoms with Crippen LogP contribution in [0.4, 0.5) is 0 Å². The molecule has 112 valence electrons. The molecule has 0 bridgehead atoms. The normalized spacial score (nSPS) is 17.4. The van der Waals surface area contributed by atoms with Gasteiger partial charge in [-0.25, -0.2) is 13.1 Å². The first-order chi connectivity index (χ1) is 9.41. The Kier molecular flexibility index (Phi) is 4.79. The predicted molar refractivity (Wildman–Crippen MR) is 76.1 cm³/mol. The largest absolute Gasteiger partial charge is 0.380 e. The van der Waals surface area contributed by atoms with Gasteiger partial charge >= 0.3 is 0 Å². The molecule has 0 saturated carbocycles. The number of nitrogens with one attached hydrogen (secondary N) is 2. The standard InChI is InChI=1S/C12H18N2O4S2/c1-12(8-18-9-12)7-13-10(15)4-5-14-20(16,17)11-3-2-6-19-11/h2-3,6,14H,4-5,7-9H2,1H3,(H,13,15). The van der Waals surface area contributed by atoms with E-state index in [4.69, 9.17) is 4.74 Å². The molecule has 1 saturated heterocycles. The molecule has 0 aromatic carbocycles. The zero-order valence-electron chi connectivity index (χ0n) is 11.2. The lowest BCUT2D eigenvalue weighted by Gasteiger charge is -2.38. The summed E-state index contributed by atoms with van der Waals surface area (Å²) in [5, 5.41) is 4.49. The van der Waals surface area contributed by atoms with Crippen molar-refractivity contribution in [3.05, 3.63) is 17.5 Å². The third-order valence-corrected chi connectivity index (χ3v) is 5.88. The Bertz CT molecular complexity index is 550.